The number of halogens is 1. The Morgan fingerprint density at radius 2 is 1.89 bits per heavy atom. The van der Waals surface area contributed by atoms with E-state index in [2.05, 4.69) is 9.79 Å². The molecule has 0 saturated carbocycles. The molecule has 0 N–H and O–H groups in total. The van der Waals surface area contributed by atoms with Crippen LogP contribution in [0.1, 0.15) is 11.1 Å². The van der Waals surface area contributed by atoms with Crippen LogP contribution in [0.3, 0.4) is 0 Å². The molecule has 1 heterocycles. The van der Waals surface area contributed by atoms with E-state index in [0.29, 0.717) is 15.9 Å². The van der Waals surface area contributed by atoms with Gasteiger partial charge in [0.1, 0.15) is 5.82 Å². The molecule has 0 spiro atoms. The van der Waals surface area contributed by atoms with E-state index >= 15 is 0 Å². The van der Waals surface area contributed by atoms with Crippen LogP contribution in [-0.2, 0) is 0 Å². The molecular formula is C14H9FN2O2. The number of rotatable bonds is 2. The largest absolute Gasteiger partial charge is 0.359 e. The van der Waals surface area contributed by atoms with Crippen LogP contribution in [0.4, 0.5) is 4.39 Å². The zero-order valence-corrected chi connectivity index (χ0v) is 9.79. The smallest absolute Gasteiger partial charge is 0.249 e. The summed E-state index contributed by atoms with van der Waals surface area (Å²) in [6.07, 6.45) is 3.60. The zero-order valence-electron chi connectivity index (χ0n) is 9.79. The lowest BCUT2D eigenvalue weighted by molar-refractivity contribution is -0.782. The van der Waals surface area contributed by atoms with Crippen molar-refractivity contribution in [2.75, 3.05) is 0 Å². The van der Waals surface area contributed by atoms with Crippen LogP contribution >= 0.6 is 0 Å². The molecule has 0 aliphatic carbocycles. The van der Waals surface area contributed by atoms with Crippen molar-refractivity contribution < 1.29 is 13.9 Å². The van der Waals surface area contributed by atoms with E-state index in [1.807, 2.05) is 6.08 Å². The van der Waals surface area contributed by atoms with Gasteiger partial charge in [0.2, 0.25) is 11.0 Å². The third kappa shape index (κ3) is 2.30. The van der Waals surface area contributed by atoms with Gasteiger partial charge in [-0.1, -0.05) is 30.4 Å². The summed E-state index contributed by atoms with van der Waals surface area (Å²) in [4.78, 5) is 0.357. The molecule has 3 rings (SSSR count). The predicted octanol–water partition coefficient (Wildman–Crippen LogP) is 2.77. The number of hydrogen-bond acceptors (Lipinski definition) is 3. The molecule has 0 aliphatic heterocycles. The van der Waals surface area contributed by atoms with Crippen LogP contribution in [-0.4, -0.2) is 5.16 Å². The first-order valence-electron chi connectivity index (χ1n) is 5.65. The summed E-state index contributed by atoms with van der Waals surface area (Å²) in [5, 5.41) is 14.8. The summed E-state index contributed by atoms with van der Waals surface area (Å²) in [6.45, 7) is 0. The van der Waals surface area contributed by atoms with Crippen LogP contribution in [0.15, 0.2) is 47.1 Å². The topological polar surface area (TPSA) is 53.0 Å². The van der Waals surface area contributed by atoms with Crippen molar-refractivity contribution in [3.05, 3.63) is 64.6 Å². The van der Waals surface area contributed by atoms with Gasteiger partial charge in [0.15, 0.2) is 0 Å². The molecular weight excluding hydrogens is 247 g/mol. The number of aromatic nitrogens is 2. The van der Waals surface area contributed by atoms with Gasteiger partial charge < -0.3 is 5.21 Å². The van der Waals surface area contributed by atoms with Crippen LogP contribution in [0.5, 0.6) is 0 Å². The fourth-order valence-corrected chi connectivity index (χ4v) is 1.80. The van der Waals surface area contributed by atoms with E-state index in [4.69, 9.17) is 0 Å². The van der Waals surface area contributed by atoms with Gasteiger partial charge in [-0.25, -0.2) is 4.39 Å². The lowest BCUT2D eigenvalue weighted by atomic mass is 10.1. The van der Waals surface area contributed by atoms with E-state index in [9.17, 15) is 9.60 Å². The van der Waals surface area contributed by atoms with E-state index in [1.54, 1.807) is 36.4 Å². The SMILES string of the molecule is [O-][n+]1onc2cc(/C=C/c3cccc(F)c3)ccc21. The van der Waals surface area contributed by atoms with Gasteiger partial charge in [0, 0.05) is 11.2 Å². The average molecular weight is 256 g/mol. The van der Waals surface area contributed by atoms with Crippen molar-refractivity contribution in [2.45, 2.75) is 0 Å². The number of nitrogens with zero attached hydrogens (tertiary/aromatic N) is 2. The zero-order chi connectivity index (χ0) is 13.2. The van der Waals surface area contributed by atoms with Crippen molar-refractivity contribution in [1.29, 1.82) is 0 Å². The monoisotopic (exact) mass is 256 g/mol. The van der Waals surface area contributed by atoms with Crippen molar-refractivity contribution in [3.8, 4) is 0 Å². The predicted molar refractivity (Wildman–Crippen MR) is 68.3 cm³/mol. The highest BCUT2D eigenvalue weighted by Gasteiger charge is 2.07. The highest BCUT2D eigenvalue weighted by Crippen LogP contribution is 2.14. The maximum atomic E-state index is 13.0. The van der Waals surface area contributed by atoms with E-state index in [-0.39, 0.29) is 5.82 Å². The minimum absolute atomic E-state index is 0.276. The second-order valence-electron chi connectivity index (χ2n) is 4.07. The summed E-state index contributed by atoms with van der Waals surface area (Å²) >= 11 is 0. The Kier molecular flexibility index (Phi) is 2.72. The normalized spacial score (nSPS) is 11.4. The maximum absolute atomic E-state index is 13.0. The highest BCUT2D eigenvalue weighted by molar-refractivity contribution is 5.78. The Labute approximate surface area is 107 Å². The first kappa shape index (κ1) is 11.4. The van der Waals surface area contributed by atoms with Crippen LogP contribution in [0.2, 0.25) is 0 Å². The van der Waals surface area contributed by atoms with Crippen molar-refractivity contribution in [1.82, 2.24) is 5.16 Å². The quantitative estimate of drug-likeness (QED) is 0.523. The summed E-state index contributed by atoms with van der Waals surface area (Å²) in [5.41, 5.74) is 2.48. The fraction of sp³-hybridized carbons (Fsp3) is 0. The molecule has 2 aromatic carbocycles. The molecule has 19 heavy (non-hydrogen) atoms. The van der Waals surface area contributed by atoms with Gasteiger partial charge in [-0.05, 0) is 34.2 Å². The molecule has 0 unspecified atom stereocenters. The Morgan fingerprint density at radius 3 is 2.68 bits per heavy atom. The molecule has 94 valence electrons. The molecule has 0 fully saturated rings. The Morgan fingerprint density at radius 1 is 1.11 bits per heavy atom. The second kappa shape index (κ2) is 4.53. The molecule has 0 amide bonds. The van der Waals surface area contributed by atoms with Gasteiger partial charge in [0.05, 0.1) is 0 Å². The van der Waals surface area contributed by atoms with Crippen LogP contribution in [0, 0.1) is 11.0 Å². The van der Waals surface area contributed by atoms with Crippen molar-refractivity contribution in [3.63, 3.8) is 0 Å². The van der Waals surface area contributed by atoms with Gasteiger partial charge in [-0.2, -0.15) is 0 Å². The molecule has 3 aromatic rings. The van der Waals surface area contributed by atoms with Gasteiger partial charge >= 0.3 is 0 Å². The molecule has 0 radical (unpaired) electrons. The first-order chi connectivity index (χ1) is 9.22. The van der Waals surface area contributed by atoms with Gasteiger partial charge in [-0.3, -0.25) is 4.63 Å². The third-order valence-corrected chi connectivity index (χ3v) is 2.73. The molecule has 0 bridgehead atoms. The first-order valence-corrected chi connectivity index (χ1v) is 5.65. The van der Waals surface area contributed by atoms with E-state index < -0.39 is 0 Å². The lowest BCUT2D eigenvalue weighted by Gasteiger charge is -1.94. The summed E-state index contributed by atoms with van der Waals surface area (Å²) in [5.74, 6) is -0.276. The molecule has 4 nitrogen and oxygen atoms in total. The third-order valence-electron chi connectivity index (χ3n) is 2.73. The summed E-state index contributed by atoms with van der Waals surface area (Å²) < 4.78 is 17.5. The highest BCUT2D eigenvalue weighted by atomic mass is 19.1. The average Bonchev–Trinajstić information content (AvgIpc) is 2.78. The lowest BCUT2D eigenvalue weighted by Crippen LogP contribution is -2.22. The minimum Gasteiger partial charge on any atom is -0.359 e. The molecule has 0 atom stereocenters. The van der Waals surface area contributed by atoms with Crippen molar-refractivity contribution >= 4 is 23.2 Å². The van der Waals surface area contributed by atoms with E-state index in [0.717, 1.165) is 11.1 Å². The standard InChI is InChI=1S/C14H9FN2O2/c15-12-3-1-2-10(8-12)4-5-11-6-7-14-13(9-11)16-19-17(14)18/h1-9H/b5-4+. The van der Waals surface area contributed by atoms with Crippen LogP contribution in [0.25, 0.3) is 23.2 Å². The molecule has 5 heteroatoms. The fourth-order valence-electron chi connectivity index (χ4n) is 1.80. The Balaban J connectivity index is 1.92. The Bertz CT molecular complexity index is 765. The number of fused-ring (bicyclic) bond motifs is 1. The van der Waals surface area contributed by atoms with E-state index in [1.165, 1.54) is 12.1 Å². The summed E-state index contributed by atoms with van der Waals surface area (Å²) in [6, 6.07) is 11.4. The molecule has 0 saturated heterocycles. The number of benzene rings is 2. The summed E-state index contributed by atoms with van der Waals surface area (Å²) in [7, 11) is 0. The Hall–Kier alpha value is -2.69. The van der Waals surface area contributed by atoms with Crippen LogP contribution < -0.4 is 4.90 Å². The maximum Gasteiger partial charge on any atom is 0.249 e. The molecule has 0 aliphatic rings. The molecule has 1 aromatic heterocycles. The van der Waals surface area contributed by atoms with Crippen molar-refractivity contribution in [2.24, 2.45) is 0 Å². The van der Waals surface area contributed by atoms with Gasteiger partial charge in [-0.15, -0.1) is 0 Å². The number of hydrogen-bond donors (Lipinski definition) is 0. The van der Waals surface area contributed by atoms with Gasteiger partial charge in [0.25, 0.3) is 0 Å². The second-order valence-corrected chi connectivity index (χ2v) is 4.07. The minimum atomic E-state index is -0.276.